The number of piperidine rings is 1. The summed E-state index contributed by atoms with van der Waals surface area (Å²) in [6, 6.07) is 13.5. The van der Waals surface area contributed by atoms with Gasteiger partial charge in [-0.15, -0.1) is 0 Å². The first kappa shape index (κ1) is 23.7. The third kappa shape index (κ3) is 5.00. The summed E-state index contributed by atoms with van der Waals surface area (Å²) < 4.78 is 2.01. The SMILES string of the molecule is CN(C(=O)CCCCn1cnc2ccc(C(N)=O)cc21)C1CCN(c2ncc3ccccc3n2)CC1. The molecule has 0 bridgehead atoms. The Morgan fingerprint density at radius 3 is 2.67 bits per heavy atom. The quantitative estimate of drug-likeness (QED) is 0.383. The van der Waals surface area contributed by atoms with Crippen LogP contribution in [0.2, 0.25) is 0 Å². The van der Waals surface area contributed by atoms with E-state index in [2.05, 4.69) is 14.9 Å². The lowest BCUT2D eigenvalue weighted by Gasteiger charge is -2.36. The van der Waals surface area contributed by atoms with Crippen LogP contribution in [0.15, 0.2) is 55.0 Å². The molecule has 3 heterocycles. The van der Waals surface area contributed by atoms with Gasteiger partial charge < -0.3 is 20.1 Å². The van der Waals surface area contributed by atoms with Crippen molar-refractivity contribution in [1.82, 2.24) is 24.4 Å². The van der Waals surface area contributed by atoms with E-state index in [1.807, 2.05) is 53.0 Å². The van der Waals surface area contributed by atoms with Gasteiger partial charge in [0.25, 0.3) is 0 Å². The van der Waals surface area contributed by atoms with E-state index >= 15 is 0 Å². The van der Waals surface area contributed by atoms with Gasteiger partial charge in [-0.3, -0.25) is 9.59 Å². The molecule has 9 heteroatoms. The number of carbonyl (C=O) groups is 2. The van der Waals surface area contributed by atoms with Crippen molar-refractivity contribution in [2.75, 3.05) is 25.0 Å². The molecule has 1 saturated heterocycles. The number of aryl methyl sites for hydroxylation is 1. The maximum absolute atomic E-state index is 12.9. The van der Waals surface area contributed by atoms with Gasteiger partial charge in [0.1, 0.15) is 0 Å². The van der Waals surface area contributed by atoms with Gasteiger partial charge in [0.2, 0.25) is 17.8 Å². The number of imidazole rings is 1. The lowest BCUT2D eigenvalue weighted by molar-refractivity contribution is -0.132. The number of amides is 2. The second kappa shape index (κ2) is 10.3. The summed E-state index contributed by atoms with van der Waals surface area (Å²) in [5.41, 5.74) is 8.55. The molecule has 0 saturated carbocycles. The van der Waals surface area contributed by atoms with E-state index in [1.165, 1.54) is 0 Å². The monoisotopic (exact) mass is 485 g/mol. The third-order valence-electron chi connectivity index (χ3n) is 7.11. The summed E-state index contributed by atoms with van der Waals surface area (Å²) in [5, 5.41) is 1.04. The number of para-hydroxylation sites is 1. The highest BCUT2D eigenvalue weighted by molar-refractivity contribution is 5.96. The van der Waals surface area contributed by atoms with Gasteiger partial charge in [0, 0.05) is 56.3 Å². The number of aromatic nitrogens is 4. The fraction of sp³-hybridized carbons (Fsp3) is 0.370. The minimum atomic E-state index is -0.450. The van der Waals surface area contributed by atoms with E-state index in [4.69, 9.17) is 10.7 Å². The van der Waals surface area contributed by atoms with E-state index in [-0.39, 0.29) is 11.9 Å². The molecule has 2 amide bonds. The number of carbonyl (C=O) groups excluding carboxylic acids is 2. The normalized spacial score (nSPS) is 14.4. The van der Waals surface area contributed by atoms with Gasteiger partial charge in [-0.1, -0.05) is 18.2 Å². The molecular weight excluding hydrogens is 454 g/mol. The first-order valence-electron chi connectivity index (χ1n) is 12.5. The molecule has 2 aromatic carbocycles. The molecule has 2 N–H and O–H groups in total. The zero-order valence-electron chi connectivity index (χ0n) is 20.5. The molecule has 4 aromatic rings. The van der Waals surface area contributed by atoms with Crippen LogP contribution in [0, 0.1) is 0 Å². The van der Waals surface area contributed by atoms with Crippen LogP contribution >= 0.6 is 0 Å². The topological polar surface area (TPSA) is 110 Å². The molecule has 36 heavy (non-hydrogen) atoms. The first-order valence-corrected chi connectivity index (χ1v) is 12.5. The van der Waals surface area contributed by atoms with Crippen LogP contribution in [0.3, 0.4) is 0 Å². The summed E-state index contributed by atoms with van der Waals surface area (Å²) >= 11 is 0. The Morgan fingerprint density at radius 1 is 1.06 bits per heavy atom. The van der Waals surface area contributed by atoms with E-state index in [0.29, 0.717) is 12.0 Å². The first-order chi connectivity index (χ1) is 17.5. The molecule has 0 aliphatic carbocycles. The van der Waals surface area contributed by atoms with Crippen LogP contribution < -0.4 is 10.6 Å². The smallest absolute Gasteiger partial charge is 0.248 e. The number of fused-ring (bicyclic) bond motifs is 2. The lowest BCUT2D eigenvalue weighted by Crippen LogP contribution is -2.46. The zero-order chi connectivity index (χ0) is 25.1. The fourth-order valence-electron chi connectivity index (χ4n) is 4.89. The largest absolute Gasteiger partial charge is 0.366 e. The number of hydrogen-bond acceptors (Lipinski definition) is 6. The van der Waals surface area contributed by atoms with Crippen LogP contribution in [0.25, 0.3) is 21.9 Å². The second-order valence-corrected chi connectivity index (χ2v) is 9.41. The molecule has 0 atom stereocenters. The average Bonchev–Trinajstić information content (AvgIpc) is 3.32. The molecule has 0 radical (unpaired) electrons. The van der Waals surface area contributed by atoms with Crippen molar-refractivity contribution in [2.45, 2.75) is 44.7 Å². The highest BCUT2D eigenvalue weighted by Crippen LogP contribution is 2.22. The number of nitrogens with zero attached hydrogens (tertiary/aromatic N) is 6. The maximum atomic E-state index is 12.9. The van der Waals surface area contributed by atoms with Crippen molar-refractivity contribution in [3.05, 3.63) is 60.6 Å². The zero-order valence-corrected chi connectivity index (χ0v) is 20.5. The number of hydrogen-bond donors (Lipinski definition) is 1. The van der Waals surface area contributed by atoms with E-state index in [1.54, 1.807) is 18.5 Å². The van der Waals surface area contributed by atoms with Gasteiger partial charge in [-0.2, -0.15) is 0 Å². The highest BCUT2D eigenvalue weighted by atomic mass is 16.2. The van der Waals surface area contributed by atoms with Crippen LogP contribution in [0.1, 0.15) is 42.5 Å². The molecular formula is C27H31N7O2. The summed E-state index contributed by atoms with van der Waals surface area (Å²) in [5.74, 6) is 0.493. The minimum Gasteiger partial charge on any atom is -0.366 e. The molecule has 1 aliphatic rings. The minimum absolute atomic E-state index is 0.182. The highest BCUT2D eigenvalue weighted by Gasteiger charge is 2.26. The van der Waals surface area contributed by atoms with Crippen molar-refractivity contribution in [1.29, 1.82) is 0 Å². The summed E-state index contributed by atoms with van der Waals surface area (Å²) in [7, 11) is 1.92. The Bertz CT molecular complexity index is 1390. The molecule has 1 fully saturated rings. The molecule has 0 spiro atoms. The molecule has 5 rings (SSSR count). The third-order valence-corrected chi connectivity index (χ3v) is 7.11. The number of anilines is 1. The fourth-order valence-corrected chi connectivity index (χ4v) is 4.89. The van der Waals surface area contributed by atoms with Crippen molar-refractivity contribution in [2.24, 2.45) is 5.73 Å². The van der Waals surface area contributed by atoms with Gasteiger partial charge in [0.05, 0.1) is 22.9 Å². The molecule has 186 valence electrons. The van der Waals surface area contributed by atoms with Gasteiger partial charge in [-0.25, -0.2) is 15.0 Å². The van der Waals surface area contributed by atoms with Crippen molar-refractivity contribution >= 4 is 39.7 Å². The van der Waals surface area contributed by atoms with Crippen molar-refractivity contribution in [3.8, 4) is 0 Å². The number of nitrogens with two attached hydrogens (primary N) is 1. The molecule has 9 nitrogen and oxygen atoms in total. The molecule has 0 unspecified atom stereocenters. The number of benzene rings is 2. The maximum Gasteiger partial charge on any atom is 0.248 e. The summed E-state index contributed by atoms with van der Waals surface area (Å²) in [6.07, 6.45) is 7.62. The Kier molecular flexibility index (Phi) is 6.79. The number of unbranched alkanes of at least 4 members (excludes halogenated alkanes) is 1. The van der Waals surface area contributed by atoms with Crippen LogP contribution in [-0.2, 0) is 11.3 Å². The van der Waals surface area contributed by atoms with Gasteiger partial charge >= 0.3 is 0 Å². The van der Waals surface area contributed by atoms with Crippen LogP contribution in [0.4, 0.5) is 5.95 Å². The predicted molar refractivity (Wildman–Crippen MR) is 140 cm³/mol. The van der Waals surface area contributed by atoms with Crippen molar-refractivity contribution in [3.63, 3.8) is 0 Å². The standard InChI is InChI=1S/C27H31N7O2/c1-32(21-11-14-33(15-12-21)27-29-17-20-6-2-3-7-22(20)31-27)25(35)8-4-5-13-34-18-30-23-10-9-19(26(28)36)16-24(23)34/h2-3,6-7,9-10,16-18,21H,4-5,8,11-15H2,1H3,(H2,28,36). The van der Waals surface area contributed by atoms with Gasteiger partial charge in [-0.05, 0) is 49.9 Å². The Hall–Kier alpha value is -4.01. The lowest BCUT2D eigenvalue weighted by atomic mass is 10.0. The van der Waals surface area contributed by atoms with E-state index in [0.717, 1.165) is 73.2 Å². The number of primary amides is 1. The molecule has 1 aliphatic heterocycles. The Morgan fingerprint density at radius 2 is 1.86 bits per heavy atom. The summed E-state index contributed by atoms with van der Waals surface area (Å²) in [6.45, 7) is 2.41. The second-order valence-electron chi connectivity index (χ2n) is 9.41. The Balaban J connectivity index is 1.09. The van der Waals surface area contributed by atoms with E-state index in [9.17, 15) is 9.59 Å². The predicted octanol–water partition coefficient (Wildman–Crippen LogP) is 3.38. The molecule has 2 aromatic heterocycles. The van der Waals surface area contributed by atoms with Crippen LogP contribution in [0.5, 0.6) is 0 Å². The Labute approximate surface area is 209 Å². The summed E-state index contributed by atoms with van der Waals surface area (Å²) in [4.78, 5) is 42.1. The van der Waals surface area contributed by atoms with Crippen LogP contribution in [-0.4, -0.2) is 62.4 Å². The van der Waals surface area contributed by atoms with Gasteiger partial charge in [0.15, 0.2) is 0 Å². The number of rotatable bonds is 8. The van der Waals surface area contributed by atoms with Crippen molar-refractivity contribution < 1.29 is 9.59 Å². The van der Waals surface area contributed by atoms with E-state index < -0.39 is 5.91 Å². The average molecular weight is 486 g/mol.